The maximum Gasteiger partial charge on any atom is 0.279 e. The summed E-state index contributed by atoms with van der Waals surface area (Å²) in [4.78, 5) is 25.4. The standard InChI is InChI=1S/C21H20N4O6S/c1-31-19-7-5-15(6-8-19)24(18-10-12-32(29,30)14-18)21(26)20-9-11-23(22-20)16-3-2-4-17(13-16)25(27)28/h2-9,11,13,18H,10,12,14H2,1H3. The second-order valence-corrected chi connectivity index (χ2v) is 9.58. The maximum absolute atomic E-state index is 13.4. The molecule has 2 heterocycles. The molecule has 1 unspecified atom stereocenters. The lowest BCUT2D eigenvalue weighted by atomic mass is 10.1. The van der Waals surface area contributed by atoms with Gasteiger partial charge in [0.25, 0.3) is 11.6 Å². The van der Waals surface area contributed by atoms with Gasteiger partial charge >= 0.3 is 0 Å². The van der Waals surface area contributed by atoms with E-state index in [9.17, 15) is 23.3 Å². The number of aromatic nitrogens is 2. The predicted octanol–water partition coefficient (Wildman–Crippen LogP) is 2.62. The molecular weight excluding hydrogens is 436 g/mol. The molecule has 1 aromatic heterocycles. The first-order valence-corrected chi connectivity index (χ1v) is 11.6. The number of ether oxygens (including phenoxy) is 1. The Balaban J connectivity index is 1.68. The van der Waals surface area contributed by atoms with Crippen LogP contribution in [0.1, 0.15) is 16.9 Å². The molecule has 0 bridgehead atoms. The smallest absolute Gasteiger partial charge is 0.279 e. The largest absolute Gasteiger partial charge is 0.497 e. The van der Waals surface area contributed by atoms with Crippen molar-refractivity contribution >= 4 is 27.1 Å². The van der Waals surface area contributed by atoms with E-state index in [2.05, 4.69) is 5.10 Å². The van der Waals surface area contributed by atoms with Gasteiger partial charge in [-0.2, -0.15) is 5.10 Å². The molecule has 1 fully saturated rings. The number of benzene rings is 2. The number of rotatable bonds is 6. The monoisotopic (exact) mass is 456 g/mol. The Labute approximate surface area is 184 Å². The van der Waals surface area contributed by atoms with Crippen molar-refractivity contribution in [3.63, 3.8) is 0 Å². The molecule has 4 rings (SSSR count). The fourth-order valence-electron chi connectivity index (χ4n) is 3.67. The van der Waals surface area contributed by atoms with Gasteiger partial charge in [-0.05, 0) is 42.8 Å². The molecule has 1 atom stereocenters. The molecule has 1 saturated heterocycles. The van der Waals surface area contributed by atoms with Crippen LogP contribution in [0, 0.1) is 10.1 Å². The summed E-state index contributed by atoms with van der Waals surface area (Å²) in [5.41, 5.74) is 0.957. The van der Waals surface area contributed by atoms with Gasteiger partial charge in [0.15, 0.2) is 15.5 Å². The molecule has 0 aliphatic carbocycles. The van der Waals surface area contributed by atoms with Gasteiger partial charge in [0.1, 0.15) is 5.75 Å². The van der Waals surface area contributed by atoms with E-state index in [1.54, 1.807) is 30.3 Å². The van der Waals surface area contributed by atoms with Gasteiger partial charge in [0, 0.05) is 24.0 Å². The summed E-state index contributed by atoms with van der Waals surface area (Å²) in [7, 11) is -1.71. The number of non-ortho nitro benzene ring substituents is 1. The zero-order valence-corrected chi connectivity index (χ0v) is 17.9. The number of nitrogens with zero attached hydrogens (tertiary/aromatic N) is 4. The first kappa shape index (κ1) is 21.5. The molecule has 2 aromatic carbocycles. The third-order valence-electron chi connectivity index (χ3n) is 5.26. The van der Waals surface area contributed by atoms with E-state index in [-0.39, 0.29) is 22.9 Å². The quantitative estimate of drug-likeness (QED) is 0.412. The Morgan fingerprint density at radius 2 is 1.97 bits per heavy atom. The van der Waals surface area contributed by atoms with Crippen LogP contribution in [0.25, 0.3) is 5.69 Å². The molecule has 166 valence electrons. The number of amides is 1. The number of carbonyl (C=O) groups excluding carboxylic acids is 1. The topological polar surface area (TPSA) is 125 Å². The van der Waals surface area contributed by atoms with E-state index in [0.29, 0.717) is 23.5 Å². The third-order valence-corrected chi connectivity index (χ3v) is 7.01. The van der Waals surface area contributed by atoms with Crippen LogP contribution in [0.4, 0.5) is 11.4 Å². The Morgan fingerprint density at radius 1 is 1.22 bits per heavy atom. The molecule has 0 spiro atoms. The Bertz CT molecular complexity index is 1270. The number of hydrogen-bond acceptors (Lipinski definition) is 7. The molecule has 3 aromatic rings. The number of hydrogen-bond donors (Lipinski definition) is 0. The lowest BCUT2D eigenvalue weighted by Gasteiger charge is -2.27. The van der Waals surface area contributed by atoms with E-state index < -0.39 is 26.7 Å². The number of nitro benzene ring substituents is 1. The van der Waals surface area contributed by atoms with Crippen molar-refractivity contribution in [3.05, 3.63) is 76.6 Å². The summed E-state index contributed by atoms with van der Waals surface area (Å²) in [6.45, 7) is 0. The van der Waals surface area contributed by atoms with Gasteiger partial charge in [0.05, 0.1) is 35.3 Å². The van der Waals surface area contributed by atoms with Crippen LogP contribution >= 0.6 is 0 Å². The van der Waals surface area contributed by atoms with Crippen molar-refractivity contribution in [2.75, 3.05) is 23.5 Å². The molecule has 1 aliphatic heterocycles. The molecule has 0 N–H and O–H groups in total. The molecule has 11 heteroatoms. The van der Waals surface area contributed by atoms with Crippen LogP contribution in [-0.4, -0.2) is 53.7 Å². The minimum atomic E-state index is -3.24. The first-order valence-electron chi connectivity index (χ1n) is 9.76. The van der Waals surface area contributed by atoms with E-state index >= 15 is 0 Å². The van der Waals surface area contributed by atoms with Crippen LogP contribution in [0.3, 0.4) is 0 Å². The highest BCUT2D eigenvalue weighted by atomic mass is 32.2. The zero-order chi connectivity index (χ0) is 22.9. The van der Waals surface area contributed by atoms with Crippen LogP contribution in [0.5, 0.6) is 5.75 Å². The van der Waals surface area contributed by atoms with Crippen LogP contribution in [0.2, 0.25) is 0 Å². The SMILES string of the molecule is COc1ccc(N(C(=O)c2ccn(-c3cccc([N+](=O)[O-])c3)n2)C2CCS(=O)(=O)C2)cc1. The summed E-state index contributed by atoms with van der Waals surface area (Å²) < 4.78 is 30.7. The average molecular weight is 456 g/mol. The predicted molar refractivity (Wildman–Crippen MR) is 117 cm³/mol. The maximum atomic E-state index is 13.4. The van der Waals surface area contributed by atoms with E-state index in [1.165, 1.54) is 47.2 Å². The van der Waals surface area contributed by atoms with Crippen LogP contribution in [-0.2, 0) is 9.84 Å². The average Bonchev–Trinajstić information content (AvgIpc) is 3.41. The minimum absolute atomic E-state index is 0.0136. The van der Waals surface area contributed by atoms with Gasteiger partial charge in [-0.1, -0.05) is 6.07 Å². The summed E-state index contributed by atoms with van der Waals surface area (Å²) in [5.74, 6) is 0.0346. The van der Waals surface area contributed by atoms with Crippen molar-refractivity contribution in [2.24, 2.45) is 0 Å². The Kier molecular flexibility index (Phi) is 5.66. The van der Waals surface area contributed by atoms with Gasteiger partial charge < -0.3 is 9.64 Å². The molecule has 1 amide bonds. The van der Waals surface area contributed by atoms with Crippen molar-refractivity contribution in [3.8, 4) is 11.4 Å². The Hall–Kier alpha value is -3.73. The molecule has 1 aliphatic rings. The second-order valence-electron chi connectivity index (χ2n) is 7.35. The van der Waals surface area contributed by atoms with Gasteiger partial charge in [-0.3, -0.25) is 14.9 Å². The number of nitro groups is 1. The highest BCUT2D eigenvalue weighted by Gasteiger charge is 2.36. The molecule has 10 nitrogen and oxygen atoms in total. The van der Waals surface area contributed by atoms with Crippen LogP contribution < -0.4 is 9.64 Å². The van der Waals surface area contributed by atoms with Crippen molar-refractivity contribution in [1.82, 2.24) is 9.78 Å². The minimum Gasteiger partial charge on any atom is -0.497 e. The second kappa shape index (κ2) is 8.42. The lowest BCUT2D eigenvalue weighted by Crippen LogP contribution is -2.41. The van der Waals surface area contributed by atoms with E-state index in [1.807, 2.05) is 0 Å². The number of sulfone groups is 1. The van der Waals surface area contributed by atoms with Crippen molar-refractivity contribution in [1.29, 1.82) is 0 Å². The molecular formula is C21H20N4O6S. The van der Waals surface area contributed by atoms with Crippen LogP contribution in [0.15, 0.2) is 60.8 Å². The first-order chi connectivity index (χ1) is 15.3. The molecule has 32 heavy (non-hydrogen) atoms. The van der Waals surface area contributed by atoms with Gasteiger partial charge in [-0.25, -0.2) is 13.1 Å². The number of methoxy groups -OCH3 is 1. The Morgan fingerprint density at radius 3 is 2.59 bits per heavy atom. The third kappa shape index (κ3) is 4.33. The molecule has 0 radical (unpaired) electrons. The van der Waals surface area contributed by atoms with Crippen molar-refractivity contribution < 1.29 is 22.9 Å². The zero-order valence-electron chi connectivity index (χ0n) is 17.1. The highest BCUT2D eigenvalue weighted by molar-refractivity contribution is 7.91. The fraction of sp³-hybridized carbons (Fsp3) is 0.238. The summed E-state index contributed by atoms with van der Waals surface area (Å²) in [5, 5.41) is 15.3. The highest BCUT2D eigenvalue weighted by Crippen LogP contribution is 2.28. The summed E-state index contributed by atoms with van der Waals surface area (Å²) >= 11 is 0. The van der Waals surface area contributed by atoms with E-state index in [4.69, 9.17) is 4.74 Å². The van der Waals surface area contributed by atoms with E-state index in [0.717, 1.165) is 0 Å². The normalized spacial score (nSPS) is 17.1. The summed E-state index contributed by atoms with van der Waals surface area (Å²) in [6.07, 6.45) is 1.86. The number of carbonyl (C=O) groups is 1. The lowest BCUT2D eigenvalue weighted by molar-refractivity contribution is -0.384. The van der Waals surface area contributed by atoms with Gasteiger partial charge in [-0.15, -0.1) is 0 Å². The van der Waals surface area contributed by atoms with Gasteiger partial charge in [0.2, 0.25) is 0 Å². The van der Waals surface area contributed by atoms with Crippen molar-refractivity contribution in [2.45, 2.75) is 12.5 Å². The summed E-state index contributed by atoms with van der Waals surface area (Å²) in [6, 6.07) is 13.6. The molecule has 0 saturated carbocycles. The number of anilines is 1. The fourth-order valence-corrected chi connectivity index (χ4v) is 5.37.